The minimum Gasteiger partial charge on any atom is -0.315 e. The van der Waals surface area contributed by atoms with Crippen molar-refractivity contribution in [2.45, 2.75) is 37.9 Å². The predicted octanol–water partition coefficient (Wildman–Crippen LogP) is -0.433. The van der Waals surface area contributed by atoms with Gasteiger partial charge in [0.05, 0.1) is 11.1 Å². The lowest BCUT2D eigenvalue weighted by atomic mass is 10.0. The normalized spacial score (nSPS) is 27.7. The molecule has 5 rings (SSSR count). The summed E-state index contributed by atoms with van der Waals surface area (Å²) in [5.74, 6) is -1.86. The van der Waals surface area contributed by atoms with Crippen molar-refractivity contribution in [2.24, 2.45) is 0 Å². The van der Waals surface area contributed by atoms with Crippen molar-refractivity contribution in [1.29, 1.82) is 0 Å². The Labute approximate surface area is 180 Å². The molecule has 2 atom stereocenters. The van der Waals surface area contributed by atoms with Gasteiger partial charge >= 0.3 is 0 Å². The average molecular weight is 425 g/mol. The Morgan fingerprint density at radius 1 is 0.935 bits per heavy atom. The first-order chi connectivity index (χ1) is 15.0. The van der Waals surface area contributed by atoms with Gasteiger partial charge in [-0.2, -0.15) is 0 Å². The number of nitrogens with one attached hydrogen (secondary N) is 2. The van der Waals surface area contributed by atoms with Gasteiger partial charge in [0.1, 0.15) is 6.04 Å². The number of hydrogen-bond donors (Lipinski definition) is 2. The summed E-state index contributed by atoms with van der Waals surface area (Å²) in [6, 6.07) is 5.09. The molecule has 3 saturated heterocycles. The first kappa shape index (κ1) is 20.3. The van der Waals surface area contributed by atoms with Crippen molar-refractivity contribution in [3.05, 3.63) is 34.9 Å². The fourth-order valence-electron chi connectivity index (χ4n) is 5.11. The van der Waals surface area contributed by atoms with E-state index >= 15 is 0 Å². The largest absolute Gasteiger partial charge is 0.315 e. The standard InChI is InChI=1S/C22H27N5O4/c28-19-4-3-18(20(29)24-19)27-21(30)16-2-1-14(11-17(16)22(27)31)13-25-7-9-26(10-8-25)15-5-6-23-12-15/h1-2,11,15,18,23H,3-10,12-13H2,(H,24,28,29)/t15-,18?/m1/s1. The van der Waals surface area contributed by atoms with Crippen molar-refractivity contribution < 1.29 is 19.2 Å². The summed E-state index contributed by atoms with van der Waals surface area (Å²) in [7, 11) is 0. The van der Waals surface area contributed by atoms with Crippen LogP contribution >= 0.6 is 0 Å². The van der Waals surface area contributed by atoms with Gasteiger partial charge in [-0.3, -0.25) is 39.2 Å². The first-order valence-corrected chi connectivity index (χ1v) is 11.0. The zero-order valence-corrected chi connectivity index (χ0v) is 17.4. The van der Waals surface area contributed by atoms with Crippen LogP contribution in [0.2, 0.25) is 0 Å². The van der Waals surface area contributed by atoms with E-state index in [1.807, 2.05) is 6.07 Å². The predicted molar refractivity (Wildman–Crippen MR) is 111 cm³/mol. The summed E-state index contributed by atoms with van der Waals surface area (Å²) in [4.78, 5) is 55.4. The second-order valence-corrected chi connectivity index (χ2v) is 8.79. The molecule has 1 aromatic carbocycles. The van der Waals surface area contributed by atoms with Crippen LogP contribution in [0.25, 0.3) is 0 Å². The Hall–Kier alpha value is -2.62. The van der Waals surface area contributed by atoms with Crippen LogP contribution in [0.1, 0.15) is 45.5 Å². The van der Waals surface area contributed by atoms with Gasteiger partial charge in [0.15, 0.2) is 0 Å². The second kappa shape index (κ2) is 8.14. The van der Waals surface area contributed by atoms with E-state index in [1.165, 1.54) is 6.42 Å². The Kier molecular flexibility index (Phi) is 5.33. The third-order valence-electron chi connectivity index (χ3n) is 6.87. The molecular weight excluding hydrogens is 398 g/mol. The molecule has 2 N–H and O–H groups in total. The summed E-state index contributed by atoms with van der Waals surface area (Å²) in [6.45, 7) is 6.93. The number of fused-ring (bicyclic) bond motifs is 1. The van der Waals surface area contributed by atoms with E-state index in [9.17, 15) is 19.2 Å². The lowest BCUT2D eigenvalue weighted by molar-refractivity contribution is -0.136. The number of carbonyl (C=O) groups is 4. The van der Waals surface area contributed by atoms with Gasteiger partial charge in [-0.25, -0.2) is 0 Å². The Balaban J connectivity index is 1.25. The van der Waals surface area contributed by atoms with Crippen molar-refractivity contribution in [3.8, 4) is 0 Å². The third kappa shape index (κ3) is 3.77. The van der Waals surface area contributed by atoms with E-state index in [0.717, 1.165) is 56.3 Å². The summed E-state index contributed by atoms with van der Waals surface area (Å²) >= 11 is 0. The van der Waals surface area contributed by atoms with E-state index in [1.54, 1.807) is 12.1 Å². The first-order valence-electron chi connectivity index (χ1n) is 11.0. The number of piperazine rings is 1. The average Bonchev–Trinajstić information content (AvgIpc) is 3.37. The highest BCUT2D eigenvalue weighted by Crippen LogP contribution is 2.28. The summed E-state index contributed by atoms with van der Waals surface area (Å²) in [5.41, 5.74) is 1.67. The number of imide groups is 2. The molecule has 164 valence electrons. The van der Waals surface area contributed by atoms with Crippen LogP contribution in [0.15, 0.2) is 18.2 Å². The molecule has 9 nitrogen and oxygen atoms in total. The van der Waals surface area contributed by atoms with Gasteiger partial charge in [0.2, 0.25) is 11.8 Å². The van der Waals surface area contributed by atoms with E-state index in [-0.39, 0.29) is 18.7 Å². The Morgan fingerprint density at radius 3 is 2.42 bits per heavy atom. The number of amides is 4. The number of nitrogens with zero attached hydrogens (tertiary/aromatic N) is 3. The third-order valence-corrected chi connectivity index (χ3v) is 6.87. The highest BCUT2D eigenvalue weighted by atomic mass is 16.2. The lowest BCUT2D eigenvalue weighted by Gasteiger charge is -2.37. The Morgan fingerprint density at radius 2 is 1.71 bits per heavy atom. The van der Waals surface area contributed by atoms with Crippen molar-refractivity contribution >= 4 is 23.6 Å². The SMILES string of the molecule is O=C1CCC(N2C(=O)c3ccc(CN4CCN([C@@H]5CCNC5)CC4)cc3C2=O)C(=O)N1. The number of hydrogen-bond acceptors (Lipinski definition) is 7. The van der Waals surface area contributed by atoms with Crippen LogP contribution in [-0.4, -0.2) is 89.7 Å². The molecule has 31 heavy (non-hydrogen) atoms. The fourth-order valence-corrected chi connectivity index (χ4v) is 5.11. The summed E-state index contributed by atoms with van der Waals surface area (Å²) in [6.07, 6.45) is 1.51. The minimum absolute atomic E-state index is 0.123. The number of rotatable bonds is 4. The number of carbonyl (C=O) groups excluding carboxylic acids is 4. The fraction of sp³-hybridized carbons (Fsp3) is 0.545. The quantitative estimate of drug-likeness (QED) is 0.631. The molecule has 0 aliphatic carbocycles. The van der Waals surface area contributed by atoms with Gasteiger partial charge in [-0.15, -0.1) is 0 Å². The van der Waals surface area contributed by atoms with Crippen LogP contribution in [0, 0.1) is 0 Å². The molecule has 9 heteroatoms. The number of benzene rings is 1. The van der Waals surface area contributed by atoms with Gasteiger partial charge < -0.3 is 5.32 Å². The van der Waals surface area contributed by atoms with Crippen LogP contribution in [0.4, 0.5) is 0 Å². The monoisotopic (exact) mass is 425 g/mol. The molecule has 0 bridgehead atoms. The number of piperidine rings is 1. The molecule has 1 unspecified atom stereocenters. The van der Waals surface area contributed by atoms with Crippen LogP contribution in [0.5, 0.6) is 0 Å². The summed E-state index contributed by atoms with van der Waals surface area (Å²) in [5, 5.41) is 5.65. The topological polar surface area (TPSA) is 102 Å². The van der Waals surface area contributed by atoms with Crippen molar-refractivity contribution in [3.63, 3.8) is 0 Å². The van der Waals surface area contributed by atoms with Gasteiger partial charge in [-0.1, -0.05) is 6.07 Å². The molecule has 4 aliphatic rings. The second-order valence-electron chi connectivity index (χ2n) is 8.79. The molecule has 0 radical (unpaired) electrons. The van der Waals surface area contributed by atoms with E-state index in [0.29, 0.717) is 17.2 Å². The molecule has 1 aromatic rings. The van der Waals surface area contributed by atoms with Gasteiger partial charge in [0.25, 0.3) is 11.8 Å². The van der Waals surface area contributed by atoms with E-state index in [4.69, 9.17) is 0 Å². The van der Waals surface area contributed by atoms with Gasteiger partial charge in [-0.05, 0) is 37.1 Å². The lowest BCUT2D eigenvalue weighted by Crippen LogP contribution is -2.54. The van der Waals surface area contributed by atoms with Crippen molar-refractivity contribution in [2.75, 3.05) is 39.3 Å². The maximum absolute atomic E-state index is 13.0. The summed E-state index contributed by atoms with van der Waals surface area (Å²) < 4.78 is 0. The Bertz CT molecular complexity index is 934. The maximum Gasteiger partial charge on any atom is 0.262 e. The van der Waals surface area contributed by atoms with Crippen LogP contribution in [-0.2, 0) is 16.1 Å². The van der Waals surface area contributed by atoms with Crippen molar-refractivity contribution in [1.82, 2.24) is 25.3 Å². The van der Waals surface area contributed by atoms with Crippen LogP contribution in [0.3, 0.4) is 0 Å². The molecule has 4 aliphatic heterocycles. The zero-order valence-electron chi connectivity index (χ0n) is 17.4. The molecule has 4 amide bonds. The molecule has 4 heterocycles. The highest BCUT2D eigenvalue weighted by Gasteiger charge is 2.44. The molecular formula is C22H27N5O4. The minimum atomic E-state index is -0.924. The smallest absolute Gasteiger partial charge is 0.262 e. The highest BCUT2D eigenvalue weighted by molar-refractivity contribution is 6.23. The van der Waals surface area contributed by atoms with E-state index < -0.39 is 23.8 Å². The molecule has 0 spiro atoms. The van der Waals surface area contributed by atoms with Crippen LogP contribution < -0.4 is 10.6 Å². The molecule has 0 aromatic heterocycles. The maximum atomic E-state index is 13.0. The van der Waals surface area contributed by atoms with Gasteiger partial charge in [0, 0.05) is 51.7 Å². The van der Waals surface area contributed by atoms with E-state index in [2.05, 4.69) is 20.4 Å². The zero-order chi connectivity index (χ0) is 21.5. The molecule has 0 saturated carbocycles. The molecule has 3 fully saturated rings.